The van der Waals surface area contributed by atoms with Crippen molar-refractivity contribution in [3.05, 3.63) is 12.4 Å². The molecule has 1 N–H and O–H groups in total. The lowest BCUT2D eigenvalue weighted by Gasteiger charge is -2.29. The first-order chi connectivity index (χ1) is 6.40. The highest BCUT2D eigenvalue weighted by atomic mass is 16.1. The fourth-order valence-corrected chi connectivity index (χ4v) is 1.68. The van der Waals surface area contributed by atoms with Crippen LogP contribution in [0.3, 0.4) is 0 Å². The van der Waals surface area contributed by atoms with Gasteiger partial charge in [0.1, 0.15) is 6.29 Å². The van der Waals surface area contributed by atoms with Crippen molar-refractivity contribution in [3.63, 3.8) is 0 Å². The molecule has 4 heteroatoms. The summed E-state index contributed by atoms with van der Waals surface area (Å²) in [6.07, 6.45) is 6.54. The molecule has 1 aliphatic rings. The van der Waals surface area contributed by atoms with Gasteiger partial charge < -0.3 is 14.7 Å². The van der Waals surface area contributed by atoms with E-state index in [0.717, 1.165) is 38.2 Å². The van der Waals surface area contributed by atoms with Crippen LogP contribution in [0, 0.1) is 5.92 Å². The number of rotatable bonds is 2. The van der Waals surface area contributed by atoms with Crippen LogP contribution in [0.5, 0.6) is 0 Å². The van der Waals surface area contributed by atoms with Gasteiger partial charge in [0.05, 0.1) is 0 Å². The number of carbonyl (C=O) groups excluding carboxylic acids is 1. The number of nitrogens with zero attached hydrogens (tertiary/aromatic N) is 2. The monoisotopic (exact) mass is 179 g/mol. The van der Waals surface area contributed by atoms with Crippen LogP contribution in [0.4, 0.5) is 5.95 Å². The number of aromatic amines is 1. The number of nitrogens with one attached hydrogen (secondary N) is 1. The fraction of sp³-hybridized carbons (Fsp3) is 0.556. The molecule has 70 valence electrons. The van der Waals surface area contributed by atoms with Crippen molar-refractivity contribution in [3.8, 4) is 0 Å². The van der Waals surface area contributed by atoms with Gasteiger partial charge in [-0.05, 0) is 12.8 Å². The molecule has 4 nitrogen and oxygen atoms in total. The number of imidazole rings is 1. The number of hydrogen-bond donors (Lipinski definition) is 1. The molecule has 1 aromatic rings. The van der Waals surface area contributed by atoms with Crippen LogP contribution >= 0.6 is 0 Å². The van der Waals surface area contributed by atoms with E-state index >= 15 is 0 Å². The average Bonchev–Trinajstić information content (AvgIpc) is 2.71. The molecule has 0 saturated carbocycles. The lowest BCUT2D eigenvalue weighted by Crippen LogP contribution is -2.34. The summed E-state index contributed by atoms with van der Waals surface area (Å²) in [6.45, 7) is 1.86. The zero-order valence-electron chi connectivity index (χ0n) is 7.44. The molecule has 0 atom stereocenters. The quantitative estimate of drug-likeness (QED) is 0.684. The Balaban J connectivity index is 1.95. The SMILES string of the molecule is O=CC1CCN(c2ncc[nH]2)CC1. The summed E-state index contributed by atoms with van der Waals surface area (Å²) in [5.74, 6) is 1.18. The molecule has 0 unspecified atom stereocenters. The summed E-state index contributed by atoms with van der Waals surface area (Å²) in [6, 6.07) is 0. The van der Waals surface area contributed by atoms with E-state index in [1.165, 1.54) is 0 Å². The second-order valence-electron chi connectivity index (χ2n) is 3.37. The number of piperidine rings is 1. The van der Waals surface area contributed by atoms with Crippen molar-refractivity contribution in [2.45, 2.75) is 12.8 Å². The van der Waals surface area contributed by atoms with Crippen molar-refractivity contribution in [1.82, 2.24) is 9.97 Å². The van der Waals surface area contributed by atoms with Crippen LogP contribution in [-0.2, 0) is 4.79 Å². The predicted molar refractivity (Wildman–Crippen MR) is 49.6 cm³/mol. The van der Waals surface area contributed by atoms with E-state index in [4.69, 9.17) is 0 Å². The molecular formula is C9H13N3O. The van der Waals surface area contributed by atoms with Gasteiger partial charge in [-0.25, -0.2) is 4.98 Å². The summed E-state index contributed by atoms with van der Waals surface area (Å²) in [5, 5.41) is 0. The van der Waals surface area contributed by atoms with Gasteiger partial charge in [0.2, 0.25) is 5.95 Å². The molecule has 13 heavy (non-hydrogen) atoms. The van der Waals surface area contributed by atoms with Crippen LogP contribution in [0.2, 0.25) is 0 Å². The minimum absolute atomic E-state index is 0.256. The molecule has 2 heterocycles. The third-order valence-electron chi connectivity index (χ3n) is 2.52. The maximum absolute atomic E-state index is 10.5. The van der Waals surface area contributed by atoms with Gasteiger partial charge in [-0.15, -0.1) is 0 Å². The van der Waals surface area contributed by atoms with Crippen molar-refractivity contribution in [1.29, 1.82) is 0 Å². The van der Waals surface area contributed by atoms with E-state index in [1.807, 2.05) is 6.20 Å². The standard InChI is InChI=1S/C9H13N3O/c13-7-8-1-5-12(6-2-8)9-10-3-4-11-9/h3-4,7-8H,1-2,5-6H2,(H,10,11). The number of aldehydes is 1. The van der Waals surface area contributed by atoms with Gasteiger partial charge in [0.15, 0.2) is 0 Å². The normalized spacial score (nSPS) is 18.9. The predicted octanol–water partition coefficient (Wildman–Crippen LogP) is 0.825. The maximum Gasteiger partial charge on any atom is 0.202 e. The van der Waals surface area contributed by atoms with Crippen LogP contribution < -0.4 is 4.90 Å². The molecule has 1 saturated heterocycles. The zero-order valence-corrected chi connectivity index (χ0v) is 7.44. The highest BCUT2D eigenvalue weighted by Gasteiger charge is 2.19. The molecule has 0 aromatic carbocycles. The van der Waals surface area contributed by atoms with Crippen molar-refractivity contribution in [2.75, 3.05) is 18.0 Å². The minimum Gasteiger partial charge on any atom is -0.342 e. The number of carbonyl (C=O) groups is 1. The Bertz CT molecular complexity index is 262. The van der Waals surface area contributed by atoms with Crippen LogP contribution in [0.25, 0.3) is 0 Å². The number of anilines is 1. The molecule has 2 rings (SSSR count). The van der Waals surface area contributed by atoms with Gasteiger partial charge in [-0.3, -0.25) is 0 Å². The summed E-state index contributed by atoms with van der Waals surface area (Å²) >= 11 is 0. The Morgan fingerprint density at radius 1 is 1.54 bits per heavy atom. The topological polar surface area (TPSA) is 49.0 Å². The Hall–Kier alpha value is -1.32. The van der Waals surface area contributed by atoms with Gasteiger partial charge in [-0.2, -0.15) is 0 Å². The Kier molecular flexibility index (Phi) is 2.29. The summed E-state index contributed by atoms with van der Waals surface area (Å²) < 4.78 is 0. The maximum atomic E-state index is 10.5. The smallest absolute Gasteiger partial charge is 0.202 e. The Morgan fingerprint density at radius 2 is 2.31 bits per heavy atom. The summed E-state index contributed by atoms with van der Waals surface area (Å²) in [5.41, 5.74) is 0. The van der Waals surface area contributed by atoms with Crippen LogP contribution in [0.15, 0.2) is 12.4 Å². The molecule has 0 aliphatic carbocycles. The first-order valence-electron chi connectivity index (χ1n) is 4.60. The van der Waals surface area contributed by atoms with E-state index in [9.17, 15) is 4.79 Å². The van der Waals surface area contributed by atoms with E-state index in [-0.39, 0.29) is 5.92 Å². The average molecular weight is 179 g/mol. The van der Waals surface area contributed by atoms with Crippen molar-refractivity contribution >= 4 is 12.2 Å². The number of hydrogen-bond acceptors (Lipinski definition) is 3. The molecule has 0 amide bonds. The van der Waals surface area contributed by atoms with Gasteiger partial charge in [-0.1, -0.05) is 0 Å². The second kappa shape index (κ2) is 3.60. The van der Waals surface area contributed by atoms with Crippen molar-refractivity contribution < 1.29 is 4.79 Å². The molecule has 1 aliphatic heterocycles. The van der Waals surface area contributed by atoms with E-state index in [1.54, 1.807) is 6.20 Å². The number of H-pyrrole nitrogens is 1. The fourth-order valence-electron chi connectivity index (χ4n) is 1.68. The first-order valence-corrected chi connectivity index (χ1v) is 4.60. The molecule has 0 radical (unpaired) electrons. The largest absolute Gasteiger partial charge is 0.342 e. The van der Waals surface area contributed by atoms with E-state index in [2.05, 4.69) is 14.9 Å². The summed E-state index contributed by atoms with van der Waals surface area (Å²) in [7, 11) is 0. The van der Waals surface area contributed by atoms with Crippen LogP contribution in [0.1, 0.15) is 12.8 Å². The first kappa shape index (κ1) is 8.29. The van der Waals surface area contributed by atoms with Gasteiger partial charge >= 0.3 is 0 Å². The summed E-state index contributed by atoms with van der Waals surface area (Å²) in [4.78, 5) is 19.9. The second-order valence-corrected chi connectivity index (χ2v) is 3.37. The van der Waals surface area contributed by atoms with Gasteiger partial charge in [0, 0.05) is 31.4 Å². The van der Waals surface area contributed by atoms with Crippen molar-refractivity contribution in [2.24, 2.45) is 5.92 Å². The minimum atomic E-state index is 0.256. The molecule has 0 spiro atoms. The molecule has 0 bridgehead atoms. The van der Waals surface area contributed by atoms with Gasteiger partial charge in [0.25, 0.3) is 0 Å². The number of aromatic nitrogens is 2. The van der Waals surface area contributed by atoms with E-state index in [0.29, 0.717) is 0 Å². The Labute approximate surface area is 77.0 Å². The third kappa shape index (κ3) is 1.71. The highest BCUT2D eigenvalue weighted by molar-refractivity contribution is 5.54. The highest BCUT2D eigenvalue weighted by Crippen LogP contribution is 2.18. The Morgan fingerprint density at radius 3 is 2.85 bits per heavy atom. The zero-order chi connectivity index (χ0) is 9.10. The molecule has 1 aromatic heterocycles. The lowest BCUT2D eigenvalue weighted by atomic mass is 9.99. The van der Waals surface area contributed by atoms with Crippen LogP contribution in [-0.4, -0.2) is 29.3 Å². The molecule has 1 fully saturated rings. The van der Waals surface area contributed by atoms with E-state index < -0.39 is 0 Å². The molecular weight excluding hydrogens is 166 g/mol. The third-order valence-corrected chi connectivity index (χ3v) is 2.52. The lowest BCUT2D eigenvalue weighted by molar-refractivity contribution is -0.111.